The predicted octanol–water partition coefficient (Wildman–Crippen LogP) is 1.06. The summed E-state index contributed by atoms with van der Waals surface area (Å²) < 4.78 is 5.34. The fourth-order valence-electron chi connectivity index (χ4n) is 1.27. The Bertz CT molecular complexity index is 371. The van der Waals surface area contributed by atoms with Gasteiger partial charge in [0, 0.05) is 20.2 Å². The first-order valence-corrected chi connectivity index (χ1v) is 6.13. The number of carbonyl (C=O) groups excluding carboxylic acids is 1. The largest absolute Gasteiger partial charge is 0.380 e. The van der Waals surface area contributed by atoms with Crippen LogP contribution in [0, 0.1) is 0 Å². The molecule has 0 unspecified atom stereocenters. The number of anilines is 1. The maximum Gasteiger partial charge on any atom is 0.271 e. The lowest BCUT2D eigenvalue weighted by molar-refractivity contribution is 0.0908. The van der Waals surface area contributed by atoms with Crippen LogP contribution < -0.4 is 10.6 Å². The van der Waals surface area contributed by atoms with Gasteiger partial charge in [0.25, 0.3) is 5.91 Å². The van der Waals surface area contributed by atoms with E-state index in [-0.39, 0.29) is 5.91 Å². The molecule has 0 radical (unpaired) electrons. The van der Waals surface area contributed by atoms with Crippen molar-refractivity contribution in [1.82, 2.24) is 15.3 Å². The van der Waals surface area contributed by atoms with Crippen molar-refractivity contribution in [3.8, 4) is 0 Å². The van der Waals surface area contributed by atoms with Gasteiger partial charge in [-0.2, -0.15) is 0 Å². The Kier molecular flexibility index (Phi) is 6.71. The van der Waals surface area contributed by atoms with Gasteiger partial charge < -0.3 is 15.4 Å². The first-order valence-electron chi connectivity index (χ1n) is 6.13. The van der Waals surface area contributed by atoms with Crippen LogP contribution in [0.5, 0.6) is 0 Å². The summed E-state index contributed by atoms with van der Waals surface area (Å²) in [7, 11) is 1.73. The summed E-state index contributed by atoms with van der Waals surface area (Å²) in [6.45, 7) is 3.85. The predicted molar refractivity (Wildman–Crippen MR) is 69.6 cm³/mol. The minimum absolute atomic E-state index is 0.237. The summed E-state index contributed by atoms with van der Waals surface area (Å²) in [5.74, 6) is 0.334. The van der Waals surface area contributed by atoms with E-state index in [4.69, 9.17) is 4.74 Å². The van der Waals surface area contributed by atoms with Crippen molar-refractivity contribution in [1.29, 1.82) is 0 Å². The Morgan fingerprint density at radius 1 is 1.39 bits per heavy atom. The Balaban J connectivity index is 2.27. The molecule has 2 N–H and O–H groups in total. The molecule has 0 aromatic carbocycles. The molecule has 0 aliphatic carbocycles. The molecule has 0 aliphatic rings. The van der Waals surface area contributed by atoms with E-state index >= 15 is 0 Å². The van der Waals surface area contributed by atoms with Gasteiger partial charge in [0.2, 0.25) is 0 Å². The molecule has 0 fully saturated rings. The molecule has 0 spiro atoms. The van der Waals surface area contributed by atoms with Crippen molar-refractivity contribution in [3.63, 3.8) is 0 Å². The second-order valence-electron chi connectivity index (χ2n) is 3.76. The van der Waals surface area contributed by atoms with Crippen molar-refractivity contribution in [3.05, 3.63) is 18.1 Å². The first-order chi connectivity index (χ1) is 8.77. The monoisotopic (exact) mass is 252 g/mol. The number of nitrogens with one attached hydrogen (secondary N) is 2. The van der Waals surface area contributed by atoms with Crippen molar-refractivity contribution >= 4 is 11.7 Å². The molecule has 0 atom stereocenters. The maximum absolute atomic E-state index is 11.7. The fraction of sp³-hybridized carbons (Fsp3) is 0.583. The molecule has 100 valence electrons. The number of amides is 1. The normalized spacial score (nSPS) is 10.1. The van der Waals surface area contributed by atoms with Crippen molar-refractivity contribution in [2.24, 2.45) is 0 Å². The number of unbranched alkanes of at least 4 members (excludes halogenated alkanes) is 1. The summed E-state index contributed by atoms with van der Waals surface area (Å²) >= 11 is 0. The van der Waals surface area contributed by atoms with Crippen LogP contribution >= 0.6 is 0 Å². The molecule has 1 rings (SSSR count). The quantitative estimate of drug-likeness (QED) is 0.677. The highest BCUT2D eigenvalue weighted by Gasteiger charge is 2.07. The smallest absolute Gasteiger partial charge is 0.271 e. The Hall–Kier alpha value is -1.69. The molecular formula is C12H20N4O2. The zero-order chi connectivity index (χ0) is 13.2. The minimum atomic E-state index is -0.237. The fourth-order valence-corrected chi connectivity index (χ4v) is 1.27. The molecule has 6 nitrogen and oxygen atoms in total. The summed E-state index contributed by atoms with van der Waals surface area (Å²) in [6.07, 6.45) is 5.15. The molecule has 1 aromatic heterocycles. The topological polar surface area (TPSA) is 76.1 Å². The van der Waals surface area contributed by atoms with E-state index in [1.807, 2.05) is 0 Å². The van der Waals surface area contributed by atoms with Gasteiger partial charge in [0.05, 0.1) is 19.0 Å². The standard InChI is InChI=1S/C12H20N4O2/c1-3-4-6-18-7-5-15-12(17)10-8-14-9-11(13-2)16-10/h8-9H,3-7H2,1-2H3,(H,13,16)(H,15,17). The van der Waals surface area contributed by atoms with Crippen molar-refractivity contribution < 1.29 is 9.53 Å². The summed E-state index contributed by atoms with van der Waals surface area (Å²) in [6, 6.07) is 0. The van der Waals surface area contributed by atoms with Crippen molar-refractivity contribution in [2.45, 2.75) is 19.8 Å². The number of nitrogens with zero attached hydrogens (tertiary/aromatic N) is 2. The zero-order valence-electron chi connectivity index (χ0n) is 10.9. The third kappa shape index (κ3) is 5.09. The highest BCUT2D eigenvalue weighted by atomic mass is 16.5. The Morgan fingerprint density at radius 2 is 2.22 bits per heavy atom. The number of aromatic nitrogens is 2. The van der Waals surface area contributed by atoms with Crippen molar-refractivity contribution in [2.75, 3.05) is 32.1 Å². The molecule has 1 heterocycles. The molecule has 0 saturated heterocycles. The van der Waals surface area contributed by atoms with Crippen LogP contribution in [-0.2, 0) is 4.74 Å². The summed E-state index contributed by atoms with van der Waals surface area (Å²) in [5.41, 5.74) is 0.301. The van der Waals surface area contributed by atoms with Crippen LogP contribution in [0.4, 0.5) is 5.82 Å². The SMILES string of the molecule is CCCCOCCNC(=O)c1cncc(NC)n1. The van der Waals surface area contributed by atoms with Crippen LogP contribution in [-0.4, -0.2) is 42.7 Å². The maximum atomic E-state index is 11.7. The second kappa shape index (κ2) is 8.41. The van der Waals surface area contributed by atoms with Gasteiger partial charge in [-0.3, -0.25) is 9.78 Å². The van der Waals surface area contributed by atoms with E-state index in [1.54, 1.807) is 13.2 Å². The molecular weight excluding hydrogens is 232 g/mol. The molecule has 18 heavy (non-hydrogen) atoms. The van der Waals surface area contributed by atoms with E-state index < -0.39 is 0 Å². The highest BCUT2D eigenvalue weighted by Crippen LogP contribution is 2.00. The number of ether oxygens (including phenoxy) is 1. The average molecular weight is 252 g/mol. The second-order valence-corrected chi connectivity index (χ2v) is 3.76. The summed E-state index contributed by atoms with van der Waals surface area (Å²) in [5, 5.41) is 5.57. The lowest BCUT2D eigenvalue weighted by Gasteiger charge is -2.06. The lowest BCUT2D eigenvalue weighted by Crippen LogP contribution is -2.28. The van der Waals surface area contributed by atoms with E-state index in [1.165, 1.54) is 6.20 Å². The van der Waals surface area contributed by atoms with E-state index in [0.717, 1.165) is 19.4 Å². The molecule has 6 heteroatoms. The van der Waals surface area contributed by atoms with Gasteiger partial charge in [-0.05, 0) is 6.42 Å². The molecule has 1 amide bonds. The van der Waals surface area contributed by atoms with E-state index in [2.05, 4.69) is 27.5 Å². The molecule has 1 aromatic rings. The van der Waals surface area contributed by atoms with Crippen LogP contribution in [0.15, 0.2) is 12.4 Å². The van der Waals surface area contributed by atoms with Crippen LogP contribution in [0.25, 0.3) is 0 Å². The lowest BCUT2D eigenvalue weighted by atomic mass is 10.4. The van der Waals surface area contributed by atoms with Crippen LogP contribution in [0.1, 0.15) is 30.3 Å². The zero-order valence-corrected chi connectivity index (χ0v) is 10.9. The summed E-state index contributed by atoms with van der Waals surface area (Å²) in [4.78, 5) is 19.7. The van der Waals surface area contributed by atoms with Crippen LogP contribution in [0.2, 0.25) is 0 Å². The minimum Gasteiger partial charge on any atom is -0.380 e. The van der Waals surface area contributed by atoms with Gasteiger partial charge in [-0.15, -0.1) is 0 Å². The van der Waals surface area contributed by atoms with Crippen LogP contribution in [0.3, 0.4) is 0 Å². The third-order valence-electron chi connectivity index (χ3n) is 2.30. The third-order valence-corrected chi connectivity index (χ3v) is 2.30. The number of carbonyl (C=O) groups is 1. The first kappa shape index (κ1) is 14.4. The van der Waals surface area contributed by atoms with Gasteiger partial charge in [-0.1, -0.05) is 13.3 Å². The molecule has 0 saturated carbocycles. The molecule has 0 bridgehead atoms. The van der Waals surface area contributed by atoms with Gasteiger partial charge in [-0.25, -0.2) is 4.98 Å². The number of hydrogen-bond donors (Lipinski definition) is 2. The highest BCUT2D eigenvalue weighted by molar-refractivity contribution is 5.92. The van der Waals surface area contributed by atoms with E-state index in [0.29, 0.717) is 24.7 Å². The molecule has 0 aliphatic heterocycles. The average Bonchev–Trinajstić information content (AvgIpc) is 2.42. The van der Waals surface area contributed by atoms with Gasteiger partial charge in [0.1, 0.15) is 11.5 Å². The van der Waals surface area contributed by atoms with Gasteiger partial charge in [0.15, 0.2) is 0 Å². The number of rotatable bonds is 8. The number of hydrogen-bond acceptors (Lipinski definition) is 5. The Morgan fingerprint density at radius 3 is 2.94 bits per heavy atom. The Labute approximate surface area is 107 Å². The van der Waals surface area contributed by atoms with Gasteiger partial charge >= 0.3 is 0 Å². The van der Waals surface area contributed by atoms with E-state index in [9.17, 15) is 4.79 Å².